The van der Waals surface area contributed by atoms with Crippen molar-refractivity contribution in [2.45, 2.75) is 13.2 Å². The molecule has 0 radical (unpaired) electrons. The van der Waals surface area contributed by atoms with Gasteiger partial charge in [0.15, 0.2) is 7.28 Å². The van der Waals surface area contributed by atoms with Gasteiger partial charge in [0.25, 0.3) is 0 Å². The van der Waals surface area contributed by atoms with E-state index in [0.29, 0.717) is 6.61 Å². The average Bonchev–Trinajstić information content (AvgIpc) is 1.89. The maximum absolute atomic E-state index is 5.19. The summed E-state index contributed by atoms with van der Waals surface area (Å²) in [5.74, 6) is 0. The van der Waals surface area contributed by atoms with Crippen LogP contribution in [0.3, 0.4) is 0 Å². The molecule has 0 aliphatic heterocycles. The maximum atomic E-state index is 5.19. The summed E-state index contributed by atoms with van der Waals surface area (Å²) in [7, 11) is 2.84. The lowest BCUT2D eigenvalue weighted by Crippen LogP contribution is -2.07. The van der Waals surface area contributed by atoms with Gasteiger partial charge in [0.05, 0.1) is 13.2 Å². The van der Waals surface area contributed by atoms with Gasteiger partial charge in [0.2, 0.25) is 0 Å². The van der Waals surface area contributed by atoms with Gasteiger partial charge in [0, 0.05) is 13.6 Å². The molecule has 0 aromatic carbocycles. The molecule has 0 atom stereocenters. The van der Waals surface area contributed by atoms with E-state index in [9.17, 15) is 0 Å². The van der Waals surface area contributed by atoms with Gasteiger partial charge in [-0.15, -0.1) is 0 Å². The molecule has 0 aromatic heterocycles. The first kappa shape index (κ1) is 8.98. The molecule has 0 aromatic rings. The molecular weight excluding hydrogens is 115 g/mol. The summed E-state index contributed by atoms with van der Waals surface area (Å²) in [6.45, 7) is 4.47. The van der Waals surface area contributed by atoms with Crippen molar-refractivity contribution >= 4 is 7.28 Å². The molecule has 0 saturated heterocycles. The van der Waals surface area contributed by atoms with Crippen LogP contribution in [-0.4, -0.2) is 34.1 Å². The Morgan fingerprint density at radius 3 is 2.67 bits per heavy atom. The maximum Gasteiger partial charge on any atom is 0.153 e. The zero-order valence-corrected chi connectivity index (χ0v) is 6.35. The van der Waals surface area contributed by atoms with E-state index in [0.717, 1.165) is 20.4 Å². The Morgan fingerprint density at radius 2 is 2.11 bits per heavy atom. The molecule has 9 heavy (non-hydrogen) atoms. The molecule has 0 heterocycles. The molecule has 54 valence electrons. The van der Waals surface area contributed by atoms with Crippen molar-refractivity contribution < 1.29 is 9.47 Å². The lowest BCUT2D eigenvalue weighted by Gasteiger charge is -1.99. The number of rotatable bonds is 6. The number of methoxy groups -OCH3 is 1. The van der Waals surface area contributed by atoms with Crippen molar-refractivity contribution in [3.8, 4) is 0 Å². The predicted molar refractivity (Wildman–Crippen MR) is 40.3 cm³/mol. The van der Waals surface area contributed by atoms with Gasteiger partial charge in [0.1, 0.15) is 0 Å². The Bertz CT molecular complexity index is 44.3. The third-order valence-electron chi connectivity index (χ3n) is 1.07. The minimum atomic E-state index is 0.712. The highest BCUT2D eigenvalue weighted by Gasteiger charge is 1.86. The highest BCUT2D eigenvalue weighted by atomic mass is 16.5. The molecule has 2 nitrogen and oxygen atoms in total. The van der Waals surface area contributed by atoms with Crippen molar-refractivity contribution in [1.29, 1.82) is 0 Å². The van der Waals surface area contributed by atoms with E-state index in [1.54, 1.807) is 7.11 Å². The van der Waals surface area contributed by atoms with E-state index in [2.05, 4.69) is 6.92 Å². The second kappa shape index (κ2) is 7.98. The number of hydrogen-bond acceptors (Lipinski definition) is 2. The van der Waals surface area contributed by atoms with Crippen LogP contribution in [0.25, 0.3) is 0 Å². The molecule has 0 rings (SSSR count). The van der Waals surface area contributed by atoms with Gasteiger partial charge < -0.3 is 9.47 Å². The van der Waals surface area contributed by atoms with Gasteiger partial charge in [-0.3, -0.25) is 0 Å². The number of hydrogen-bond donors (Lipinski definition) is 0. The van der Waals surface area contributed by atoms with Crippen LogP contribution in [0, 0.1) is 0 Å². The lowest BCUT2D eigenvalue weighted by molar-refractivity contribution is 0.0925. The Balaban J connectivity index is 2.60. The fourth-order valence-electron chi connectivity index (χ4n) is 0.491. The van der Waals surface area contributed by atoms with Crippen LogP contribution in [0.1, 0.15) is 6.92 Å². The molecule has 0 aliphatic rings. The normalized spacial score (nSPS) is 9.56. The van der Waals surface area contributed by atoms with Crippen molar-refractivity contribution in [2.24, 2.45) is 0 Å². The zero-order chi connectivity index (χ0) is 6.95. The molecule has 0 amide bonds. The Hall–Kier alpha value is -0.0151. The molecule has 0 aliphatic carbocycles. The molecule has 0 fully saturated rings. The summed E-state index contributed by atoms with van der Waals surface area (Å²) >= 11 is 0. The van der Waals surface area contributed by atoms with Crippen molar-refractivity contribution in [2.75, 3.05) is 26.8 Å². The highest BCUT2D eigenvalue weighted by molar-refractivity contribution is 6.34. The van der Waals surface area contributed by atoms with E-state index >= 15 is 0 Å². The van der Waals surface area contributed by atoms with Crippen LogP contribution >= 0.6 is 0 Å². The molecule has 0 spiro atoms. The summed E-state index contributed by atoms with van der Waals surface area (Å²) in [6, 6.07) is 0. The van der Waals surface area contributed by atoms with E-state index in [1.807, 2.05) is 0 Å². The number of ether oxygens (including phenoxy) is 2. The summed E-state index contributed by atoms with van der Waals surface area (Å²) in [5, 5.41) is 0. The second-order valence-electron chi connectivity index (χ2n) is 1.96. The Kier molecular flexibility index (Phi) is 7.97. The predicted octanol–water partition coefficient (Wildman–Crippen LogP) is 0.482. The molecule has 0 saturated carbocycles. The summed E-state index contributed by atoms with van der Waals surface area (Å²) in [4.78, 5) is 0. The van der Waals surface area contributed by atoms with Crippen molar-refractivity contribution in [3.05, 3.63) is 0 Å². The van der Waals surface area contributed by atoms with Gasteiger partial charge in [-0.05, 0) is 0 Å². The van der Waals surface area contributed by atoms with Crippen LogP contribution in [0.4, 0.5) is 0 Å². The third kappa shape index (κ3) is 7.98. The first-order chi connectivity index (χ1) is 4.41. The summed E-state index contributed by atoms with van der Waals surface area (Å²) in [5.41, 5.74) is 0. The van der Waals surface area contributed by atoms with Crippen LogP contribution in [0.2, 0.25) is 6.32 Å². The van der Waals surface area contributed by atoms with E-state index in [1.165, 1.54) is 6.32 Å². The fraction of sp³-hybridized carbons (Fsp3) is 1.00. The average molecular weight is 130 g/mol. The van der Waals surface area contributed by atoms with Crippen LogP contribution < -0.4 is 0 Å². The first-order valence-electron chi connectivity index (χ1n) is 3.48. The van der Waals surface area contributed by atoms with Crippen LogP contribution in [0.15, 0.2) is 0 Å². The quantitative estimate of drug-likeness (QED) is 0.384. The van der Waals surface area contributed by atoms with E-state index < -0.39 is 0 Å². The molecule has 0 bridgehead atoms. The van der Waals surface area contributed by atoms with Crippen LogP contribution in [0.5, 0.6) is 0 Å². The van der Waals surface area contributed by atoms with Crippen molar-refractivity contribution in [1.82, 2.24) is 0 Å². The topological polar surface area (TPSA) is 18.5 Å². The second-order valence-corrected chi connectivity index (χ2v) is 1.96. The van der Waals surface area contributed by atoms with E-state index in [-0.39, 0.29) is 0 Å². The smallest absolute Gasteiger partial charge is 0.153 e. The minimum absolute atomic E-state index is 0.712. The fourth-order valence-corrected chi connectivity index (χ4v) is 0.491. The largest absolute Gasteiger partial charge is 0.388 e. The van der Waals surface area contributed by atoms with E-state index in [4.69, 9.17) is 9.47 Å². The van der Waals surface area contributed by atoms with Gasteiger partial charge in [-0.2, -0.15) is 0 Å². The third-order valence-corrected chi connectivity index (χ3v) is 1.07. The van der Waals surface area contributed by atoms with Gasteiger partial charge >= 0.3 is 0 Å². The molecular formula is C6H15BO2. The molecule has 0 unspecified atom stereocenters. The minimum Gasteiger partial charge on any atom is -0.388 e. The SMILES string of the molecule is CCBCOCCOC. The first-order valence-corrected chi connectivity index (χ1v) is 3.48. The highest BCUT2D eigenvalue weighted by Crippen LogP contribution is 1.77. The summed E-state index contributed by atoms with van der Waals surface area (Å²) < 4.78 is 9.99. The van der Waals surface area contributed by atoms with Crippen molar-refractivity contribution in [3.63, 3.8) is 0 Å². The molecule has 3 heteroatoms. The summed E-state index contributed by atoms with van der Waals surface area (Å²) in [6.07, 6.45) is 1.20. The zero-order valence-electron chi connectivity index (χ0n) is 6.35. The lowest BCUT2D eigenvalue weighted by atomic mass is 9.77. The van der Waals surface area contributed by atoms with Gasteiger partial charge in [-0.25, -0.2) is 0 Å². The monoisotopic (exact) mass is 130 g/mol. The Morgan fingerprint density at radius 1 is 1.33 bits per heavy atom. The van der Waals surface area contributed by atoms with Crippen LogP contribution in [-0.2, 0) is 9.47 Å². The Labute approximate surface area is 57.8 Å². The van der Waals surface area contributed by atoms with Gasteiger partial charge in [-0.1, -0.05) is 13.2 Å². The standard InChI is InChI=1S/C6H15BO2/c1-3-7-6-9-5-4-8-2/h7H,3-6H2,1-2H3. The molecule has 0 N–H and O–H groups in total.